The van der Waals surface area contributed by atoms with Crippen LogP contribution in [0.2, 0.25) is 0 Å². The fraction of sp³-hybridized carbons (Fsp3) is 0.433. The van der Waals surface area contributed by atoms with Gasteiger partial charge in [0.1, 0.15) is 11.4 Å². The van der Waals surface area contributed by atoms with Crippen LogP contribution < -0.4 is 10.6 Å². The van der Waals surface area contributed by atoms with Gasteiger partial charge in [0.05, 0.1) is 24.0 Å². The van der Waals surface area contributed by atoms with E-state index < -0.39 is 5.60 Å². The lowest BCUT2D eigenvalue weighted by Gasteiger charge is -2.27. The molecule has 2 aromatic carbocycles. The van der Waals surface area contributed by atoms with Crippen LogP contribution in [0, 0.1) is 0 Å². The van der Waals surface area contributed by atoms with Crippen molar-refractivity contribution in [3.63, 3.8) is 0 Å². The highest BCUT2D eigenvalue weighted by Crippen LogP contribution is 2.33. The number of nitrogens with one attached hydrogen (secondary N) is 3. The van der Waals surface area contributed by atoms with E-state index in [1.165, 1.54) is 0 Å². The second kappa shape index (κ2) is 11.0. The summed E-state index contributed by atoms with van der Waals surface area (Å²) >= 11 is 0. The van der Waals surface area contributed by atoms with Gasteiger partial charge in [-0.3, -0.25) is 9.69 Å². The highest BCUT2D eigenvalue weighted by atomic mass is 16.6. The van der Waals surface area contributed by atoms with Gasteiger partial charge in [0.15, 0.2) is 0 Å². The molecule has 1 unspecified atom stereocenters. The minimum atomic E-state index is -0.525. The second-order valence-electron chi connectivity index (χ2n) is 11.2. The van der Waals surface area contributed by atoms with Crippen LogP contribution in [0.15, 0.2) is 54.7 Å². The zero-order valence-electron chi connectivity index (χ0n) is 22.4. The first-order valence-corrected chi connectivity index (χ1v) is 13.5. The zero-order chi connectivity index (χ0) is 26.7. The lowest BCUT2D eigenvalue weighted by atomic mass is 10.0. The van der Waals surface area contributed by atoms with Gasteiger partial charge in [0.25, 0.3) is 0 Å². The van der Waals surface area contributed by atoms with E-state index in [4.69, 9.17) is 4.74 Å². The summed E-state index contributed by atoms with van der Waals surface area (Å²) < 4.78 is 5.60. The van der Waals surface area contributed by atoms with E-state index in [2.05, 4.69) is 69.1 Å². The number of rotatable bonds is 6. The Kier molecular flexibility index (Phi) is 7.51. The third kappa shape index (κ3) is 6.07. The molecule has 200 valence electrons. The van der Waals surface area contributed by atoms with Crippen molar-refractivity contribution in [1.29, 1.82) is 0 Å². The first kappa shape index (κ1) is 26.0. The van der Waals surface area contributed by atoms with E-state index in [1.807, 2.05) is 27.0 Å². The number of benzene rings is 2. The van der Waals surface area contributed by atoms with E-state index in [0.29, 0.717) is 13.1 Å². The molecule has 3 N–H and O–H groups in total. The van der Waals surface area contributed by atoms with Crippen LogP contribution in [0.1, 0.15) is 63.9 Å². The molecule has 0 bridgehead atoms. The summed E-state index contributed by atoms with van der Waals surface area (Å²) in [5.74, 6) is 0.869. The summed E-state index contributed by atoms with van der Waals surface area (Å²) in [5, 5.41) is 6.26. The molecule has 0 saturated carbocycles. The fourth-order valence-corrected chi connectivity index (χ4v) is 5.12. The average molecular weight is 516 g/mol. The van der Waals surface area contributed by atoms with Crippen molar-refractivity contribution in [1.82, 2.24) is 25.5 Å². The van der Waals surface area contributed by atoms with Gasteiger partial charge in [-0.25, -0.2) is 9.78 Å². The predicted octanol–water partition coefficient (Wildman–Crippen LogP) is 5.18. The molecule has 5 rings (SSSR count). The molecule has 8 heteroatoms. The molecule has 2 saturated heterocycles. The van der Waals surface area contributed by atoms with Gasteiger partial charge in [0, 0.05) is 13.1 Å². The van der Waals surface area contributed by atoms with E-state index >= 15 is 0 Å². The van der Waals surface area contributed by atoms with Gasteiger partial charge in [-0.2, -0.15) is 0 Å². The van der Waals surface area contributed by atoms with Crippen molar-refractivity contribution >= 4 is 12.0 Å². The van der Waals surface area contributed by atoms with Crippen LogP contribution >= 0.6 is 0 Å². The Hall–Kier alpha value is -3.65. The van der Waals surface area contributed by atoms with Crippen LogP contribution in [-0.2, 0) is 16.1 Å². The van der Waals surface area contributed by atoms with Crippen molar-refractivity contribution in [3.8, 4) is 22.4 Å². The van der Waals surface area contributed by atoms with Crippen LogP contribution in [0.4, 0.5) is 4.79 Å². The average Bonchev–Trinajstić information content (AvgIpc) is 3.68. The van der Waals surface area contributed by atoms with Crippen LogP contribution in [0.5, 0.6) is 0 Å². The summed E-state index contributed by atoms with van der Waals surface area (Å²) in [6, 6.07) is 16.5. The number of likely N-dealkylation sites (tertiary alicyclic amines) is 1. The molecular weight excluding hydrogens is 478 g/mol. The smallest absolute Gasteiger partial charge is 0.410 e. The van der Waals surface area contributed by atoms with Gasteiger partial charge >= 0.3 is 6.09 Å². The third-order valence-corrected chi connectivity index (χ3v) is 7.12. The molecule has 2 amide bonds. The summed E-state index contributed by atoms with van der Waals surface area (Å²) in [6.45, 7) is 7.77. The zero-order valence-corrected chi connectivity index (χ0v) is 22.4. The molecule has 2 fully saturated rings. The standard InChI is InChI=1S/C30H37N5O3/c1-30(2,3)38-29(37)35-17-5-7-26(35)27-32-19-25(34-27)23-14-12-22(13-15-23)21-10-8-20(9-11-21)18-33-28(36)24-6-4-16-31-24/h8-15,19,24,26,31H,4-7,16-18H2,1-3H3,(H,32,34)(H,33,36)/t24?,26-/m0/s1. The Labute approximate surface area is 224 Å². The van der Waals surface area contributed by atoms with Gasteiger partial charge in [-0.05, 0) is 75.3 Å². The summed E-state index contributed by atoms with van der Waals surface area (Å²) in [6.07, 6.45) is 5.30. The summed E-state index contributed by atoms with van der Waals surface area (Å²) in [7, 11) is 0. The van der Waals surface area contributed by atoms with Gasteiger partial charge < -0.3 is 20.4 Å². The van der Waals surface area contributed by atoms with Crippen molar-refractivity contribution in [2.45, 2.75) is 70.7 Å². The number of carbonyl (C=O) groups excluding carboxylic acids is 2. The number of hydrogen-bond acceptors (Lipinski definition) is 5. The molecule has 0 aliphatic carbocycles. The first-order chi connectivity index (χ1) is 18.3. The Balaban J connectivity index is 1.21. The number of aromatic nitrogens is 2. The monoisotopic (exact) mass is 515 g/mol. The number of ether oxygens (including phenoxy) is 1. The van der Waals surface area contributed by atoms with Gasteiger partial charge in [-0.15, -0.1) is 0 Å². The Morgan fingerprint density at radius 2 is 1.68 bits per heavy atom. The number of hydrogen-bond donors (Lipinski definition) is 3. The van der Waals surface area contributed by atoms with Crippen LogP contribution in [0.25, 0.3) is 22.4 Å². The molecule has 8 nitrogen and oxygen atoms in total. The maximum Gasteiger partial charge on any atom is 0.410 e. The number of aromatic amines is 1. The quantitative estimate of drug-likeness (QED) is 0.420. The van der Waals surface area contributed by atoms with Crippen molar-refractivity contribution in [3.05, 3.63) is 66.1 Å². The SMILES string of the molecule is CC(C)(C)OC(=O)N1CCC[C@H]1c1ncc(-c2ccc(-c3ccc(CNC(=O)C4CCCN4)cc3)cc2)[nH]1. The summed E-state index contributed by atoms with van der Waals surface area (Å²) in [5.41, 5.74) is 4.75. The minimum absolute atomic E-state index is 0.0548. The van der Waals surface area contributed by atoms with Crippen molar-refractivity contribution in [2.75, 3.05) is 13.1 Å². The highest BCUT2D eigenvalue weighted by molar-refractivity contribution is 5.82. The minimum Gasteiger partial charge on any atom is -0.444 e. The lowest BCUT2D eigenvalue weighted by molar-refractivity contribution is -0.122. The Bertz CT molecular complexity index is 1250. The normalized spacial score (nSPS) is 19.5. The number of carbonyl (C=O) groups is 2. The highest BCUT2D eigenvalue weighted by Gasteiger charge is 2.34. The molecule has 2 aliphatic heterocycles. The van der Waals surface area contributed by atoms with Crippen LogP contribution in [0.3, 0.4) is 0 Å². The molecular formula is C30H37N5O3. The maximum absolute atomic E-state index is 12.7. The molecule has 2 aliphatic rings. The second-order valence-corrected chi connectivity index (χ2v) is 11.2. The van der Waals surface area contributed by atoms with E-state index in [-0.39, 0.29) is 24.1 Å². The maximum atomic E-state index is 12.7. The largest absolute Gasteiger partial charge is 0.444 e. The topological polar surface area (TPSA) is 99.3 Å². The van der Waals surface area contributed by atoms with Gasteiger partial charge in [0.2, 0.25) is 5.91 Å². The number of imidazole rings is 1. The van der Waals surface area contributed by atoms with E-state index in [1.54, 1.807) is 4.90 Å². The number of amides is 2. The molecule has 0 spiro atoms. The lowest BCUT2D eigenvalue weighted by Crippen LogP contribution is -2.39. The van der Waals surface area contributed by atoms with Crippen molar-refractivity contribution < 1.29 is 14.3 Å². The van der Waals surface area contributed by atoms with Crippen LogP contribution in [-0.4, -0.2) is 51.6 Å². The Morgan fingerprint density at radius 3 is 2.34 bits per heavy atom. The summed E-state index contributed by atoms with van der Waals surface area (Å²) in [4.78, 5) is 34.7. The Morgan fingerprint density at radius 1 is 1.00 bits per heavy atom. The molecule has 0 radical (unpaired) electrons. The molecule has 38 heavy (non-hydrogen) atoms. The predicted molar refractivity (Wildman–Crippen MR) is 147 cm³/mol. The molecule has 2 atom stereocenters. The van der Waals surface area contributed by atoms with Crippen molar-refractivity contribution in [2.24, 2.45) is 0 Å². The van der Waals surface area contributed by atoms with E-state index in [9.17, 15) is 9.59 Å². The molecule has 3 aromatic rings. The fourth-order valence-electron chi connectivity index (χ4n) is 5.12. The number of nitrogens with zero attached hydrogens (tertiary/aromatic N) is 2. The van der Waals surface area contributed by atoms with Gasteiger partial charge in [-0.1, -0.05) is 48.5 Å². The molecule has 3 heterocycles. The third-order valence-electron chi connectivity index (χ3n) is 7.12. The van der Waals surface area contributed by atoms with E-state index in [0.717, 1.165) is 66.0 Å². The number of H-pyrrole nitrogens is 1. The molecule has 1 aromatic heterocycles. The first-order valence-electron chi connectivity index (χ1n) is 13.5.